The van der Waals surface area contributed by atoms with Gasteiger partial charge in [-0.15, -0.1) is 0 Å². The van der Waals surface area contributed by atoms with Gasteiger partial charge in [-0.2, -0.15) is 0 Å². The van der Waals surface area contributed by atoms with Crippen LogP contribution in [-0.2, 0) is 14.3 Å². The van der Waals surface area contributed by atoms with E-state index < -0.39 is 29.5 Å². The lowest BCUT2D eigenvalue weighted by Crippen LogP contribution is -2.45. The zero-order chi connectivity index (χ0) is 14.8. The van der Waals surface area contributed by atoms with Gasteiger partial charge in [0.15, 0.2) is 0 Å². The molecule has 4 rings (SSSR count). The maximum Gasteiger partial charge on any atom is 0.234 e. The minimum Gasteiger partial charge on any atom is -0.550 e. The van der Waals surface area contributed by atoms with Crippen molar-refractivity contribution in [1.29, 1.82) is 0 Å². The van der Waals surface area contributed by atoms with E-state index in [0.717, 1.165) is 0 Å². The summed E-state index contributed by atoms with van der Waals surface area (Å²) in [7, 11) is 0. The lowest BCUT2D eigenvalue weighted by atomic mass is 9.77. The number of hydrogen-bond donors (Lipinski definition) is 0. The van der Waals surface area contributed by atoms with E-state index in [4.69, 9.17) is 16.3 Å². The van der Waals surface area contributed by atoms with Crippen LogP contribution in [0.5, 0.6) is 0 Å². The lowest BCUT2D eigenvalue weighted by Gasteiger charge is -2.24. The van der Waals surface area contributed by atoms with E-state index in [1.165, 1.54) is 0 Å². The molecule has 0 unspecified atom stereocenters. The zero-order valence-electron chi connectivity index (χ0n) is 10.9. The molecule has 0 radical (unpaired) electrons. The van der Waals surface area contributed by atoms with Gasteiger partial charge in [-0.25, -0.2) is 0 Å². The summed E-state index contributed by atoms with van der Waals surface area (Å²) in [4.78, 5) is 25.6. The van der Waals surface area contributed by atoms with Crippen LogP contribution in [-0.4, -0.2) is 30.1 Å². The molecule has 2 bridgehead atoms. The molecule has 6 heteroatoms. The van der Waals surface area contributed by atoms with E-state index in [1.54, 1.807) is 35.2 Å². The summed E-state index contributed by atoms with van der Waals surface area (Å²) in [5.41, 5.74) is -0.155. The molecule has 2 fully saturated rings. The van der Waals surface area contributed by atoms with E-state index in [-0.39, 0.29) is 5.91 Å². The summed E-state index contributed by atoms with van der Waals surface area (Å²) in [5.74, 6) is -3.10. The molecule has 0 aliphatic carbocycles. The predicted molar refractivity (Wildman–Crippen MR) is 72.5 cm³/mol. The van der Waals surface area contributed by atoms with Gasteiger partial charge in [0.05, 0.1) is 18.6 Å². The minimum atomic E-state index is -1.23. The Morgan fingerprint density at radius 1 is 1.38 bits per heavy atom. The highest BCUT2D eigenvalue weighted by molar-refractivity contribution is 6.30. The third-order valence-corrected chi connectivity index (χ3v) is 4.76. The number of ether oxygens (including phenoxy) is 1. The quantitative estimate of drug-likeness (QED) is 0.741. The molecular formula is C15H11ClNO4-. The molecule has 108 valence electrons. The normalized spacial score (nSPS) is 36.3. The predicted octanol–water partition coefficient (Wildman–Crippen LogP) is 0.376. The van der Waals surface area contributed by atoms with Gasteiger partial charge in [-0.1, -0.05) is 23.8 Å². The van der Waals surface area contributed by atoms with Crippen LogP contribution in [0, 0.1) is 11.8 Å². The van der Waals surface area contributed by atoms with Crippen LogP contribution in [0.3, 0.4) is 0 Å². The van der Waals surface area contributed by atoms with Gasteiger partial charge in [0.2, 0.25) is 5.91 Å². The molecule has 3 aliphatic rings. The largest absolute Gasteiger partial charge is 0.550 e. The molecule has 1 spiro atoms. The van der Waals surface area contributed by atoms with Crippen molar-refractivity contribution in [2.45, 2.75) is 11.7 Å². The van der Waals surface area contributed by atoms with E-state index in [0.29, 0.717) is 17.3 Å². The average molecular weight is 305 g/mol. The van der Waals surface area contributed by atoms with Gasteiger partial charge in [-0.05, 0) is 24.3 Å². The third kappa shape index (κ3) is 1.61. The van der Waals surface area contributed by atoms with Gasteiger partial charge in [0, 0.05) is 22.6 Å². The number of aliphatic carboxylic acids is 1. The van der Waals surface area contributed by atoms with Crippen LogP contribution < -0.4 is 10.0 Å². The molecule has 21 heavy (non-hydrogen) atoms. The van der Waals surface area contributed by atoms with Gasteiger partial charge >= 0.3 is 0 Å². The van der Waals surface area contributed by atoms with Crippen molar-refractivity contribution in [2.75, 3.05) is 11.4 Å². The molecular weight excluding hydrogens is 294 g/mol. The number of carboxylic acid groups (broad SMARTS) is 1. The Morgan fingerprint density at radius 2 is 2.10 bits per heavy atom. The first kappa shape index (κ1) is 12.9. The second-order valence-corrected chi connectivity index (χ2v) is 6.06. The highest BCUT2D eigenvalue weighted by atomic mass is 35.5. The number of hydrogen-bond acceptors (Lipinski definition) is 4. The van der Waals surface area contributed by atoms with Crippen molar-refractivity contribution in [3.8, 4) is 0 Å². The number of rotatable bonds is 2. The Labute approximate surface area is 125 Å². The first-order valence-corrected chi connectivity index (χ1v) is 7.05. The number of halogens is 1. The fourth-order valence-corrected chi connectivity index (χ4v) is 3.73. The van der Waals surface area contributed by atoms with Crippen molar-refractivity contribution in [2.24, 2.45) is 11.8 Å². The fourth-order valence-electron chi connectivity index (χ4n) is 3.61. The molecule has 3 heterocycles. The van der Waals surface area contributed by atoms with Crippen molar-refractivity contribution in [1.82, 2.24) is 0 Å². The zero-order valence-corrected chi connectivity index (χ0v) is 11.6. The molecule has 1 aromatic rings. The van der Waals surface area contributed by atoms with Gasteiger partial charge in [0.1, 0.15) is 5.60 Å². The topological polar surface area (TPSA) is 69.7 Å². The second kappa shape index (κ2) is 4.08. The average Bonchev–Trinajstić information content (AvgIpc) is 3.08. The molecule has 5 nitrogen and oxygen atoms in total. The molecule has 0 aromatic heterocycles. The van der Waals surface area contributed by atoms with Crippen LogP contribution in [0.2, 0.25) is 5.02 Å². The maximum absolute atomic E-state index is 12.7. The van der Waals surface area contributed by atoms with Gasteiger partial charge in [-0.3, -0.25) is 4.79 Å². The molecule has 1 aromatic carbocycles. The lowest BCUT2D eigenvalue weighted by molar-refractivity contribution is -0.313. The summed E-state index contributed by atoms with van der Waals surface area (Å²) in [6.45, 7) is 0.314. The van der Waals surface area contributed by atoms with Crippen molar-refractivity contribution in [3.63, 3.8) is 0 Å². The number of carbonyl (C=O) groups excluding carboxylic acids is 2. The Balaban J connectivity index is 1.73. The van der Waals surface area contributed by atoms with Crippen molar-refractivity contribution in [3.05, 3.63) is 41.4 Å². The first-order chi connectivity index (χ1) is 10.0. The summed E-state index contributed by atoms with van der Waals surface area (Å²) in [5, 5.41) is 11.9. The molecule has 4 atom stereocenters. The van der Waals surface area contributed by atoms with E-state index in [2.05, 4.69) is 0 Å². The molecule has 0 saturated carbocycles. The molecule has 1 amide bonds. The standard InChI is InChI=1S/C15H12ClNO4/c16-8-1-3-9(4-2-8)17-7-15-6-5-10(21-15)11(14(19)20)12(15)13(17)18/h1-6,10-12H,7H2,(H,19,20)/p-1/t10-,11-,12+,15+/m0/s1. The summed E-state index contributed by atoms with van der Waals surface area (Å²) >= 11 is 5.85. The van der Waals surface area contributed by atoms with Crippen LogP contribution in [0.25, 0.3) is 0 Å². The van der Waals surface area contributed by atoms with Crippen LogP contribution in [0.4, 0.5) is 5.69 Å². The number of fused-ring (bicyclic) bond motifs is 1. The number of anilines is 1. The Morgan fingerprint density at radius 3 is 2.76 bits per heavy atom. The van der Waals surface area contributed by atoms with E-state index in [9.17, 15) is 14.7 Å². The summed E-state index contributed by atoms with van der Waals surface area (Å²) in [6.07, 6.45) is 2.97. The SMILES string of the molecule is O=C([O-])[C@H]1[C@@H]2C=C[C@]3(CN(c4ccc(Cl)cc4)C(=O)[C@@H]13)O2. The number of benzene rings is 1. The molecule has 3 aliphatic heterocycles. The number of carboxylic acids is 1. The summed E-state index contributed by atoms with van der Waals surface area (Å²) in [6, 6.07) is 6.87. The van der Waals surface area contributed by atoms with Crippen LogP contribution in [0.15, 0.2) is 36.4 Å². The highest BCUT2D eigenvalue weighted by Gasteiger charge is 2.65. The third-order valence-electron chi connectivity index (χ3n) is 4.51. The number of carbonyl (C=O) groups is 2. The Bertz CT molecular complexity index is 671. The monoisotopic (exact) mass is 304 g/mol. The molecule has 0 N–H and O–H groups in total. The van der Waals surface area contributed by atoms with Crippen molar-refractivity contribution >= 4 is 29.2 Å². The number of amides is 1. The van der Waals surface area contributed by atoms with E-state index >= 15 is 0 Å². The molecule has 2 saturated heterocycles. The van der Waals surface area contributed by atoms with Crippen LogP contribution >= 0.6 is 11.6 Å². The highest BCUT2D eigenvalue weighted by Crippen LogP contribution is 2.52. The maximum atomic E-state index is 12.7. The Hall–Kier alpha value is -1.85. The first-order valence-electron chi connectivity index (χ1n) is 6.67. The number of nitrogens with zero attached hydrogens (tertiary/aromatic N) is 1. The van der Waals surface area contributed by atoms with Crippen molar-refractivity contribution < 1.29 is 19.4 Å². The van der Waals surface area contributed by atoms with Crippen LogP contribution in [0.1, 0.15) is 0 Å². The smallest absolute Gasteiger partial charge is 0.234 e. The van der Waals surface area contributed by atoms with Gasteiger partial charge < -0.3 is 19.5 Å². The minimum absolute atomic E-state index is 0.238. The Kier molecular flexibility index (Phi) is 2.50. The second-order valence-electron chi connectivity index (χ2n) is 5.62. The van der Waals surface area contributed by atoms with Gasteiger partial charge in [0.25, 0.3) is 0 Å². The fraction of sp³-hybridized carbons (Fsp3) is 0.333. The summed E-state index contributed by atoms with van der Waals surface area (Å²) < 4.78 is 5.78. The van der Waals surface area contributed by atoms with E-state index in [1.807, 2.05) is 6.08 Å².